The van der Waals surface area contributed by atoms with Gasteiger partial charge in [0, 0.05) is 43.7 Å². The lowest BCUT2D eigenvalue weighted by Crippen LogP contribution is -2.30. The first-order chi connectivity index (χ1) is 14.1. The number of benzene rings is 2. The zero-order valence-electron chi connectivity index (χ0n) is 17.2. The van der Waals surface area contributed by atoms with Gasteiger partial charge in [-0.3, -0.25) is 9.80 Å². The number of ether oxygens (including phenoxy) is 1. The molecule has 5 heteroatoms. The van der Waals surface area contributed by atoms with Crippen LogP contribution in [0.2, 0.25) is 0 Å². The molecule has 1 aliphatic heterocycles. The zero-order valence-corrected chi connectivity index (χ0v) is 17.2. The average molecular weight is 392 g/mol. The van der Waals surface area contributed by atoms with Crippen molar-refractivity contribution in [2.45, 2.75) is 26.4 Å². The summed E-state index contributed by atoms with van der Waals surface area (Å²) in [5.41, 5.74) is 4.05. The number of hydrogen-bond acceptors (Lipinski definition) is 5. The standard InChI is InChI=1S/C24H28N2O3/c1-18-6-3-4-7-19(18)16-25-10-5-11-26(13-12-25)17-20-14-24(27)29-23-15-21(28-2)8-9-22(20)23/h3-4,6-9,14-15H,5,10-13,16-17H2,1-2H3. The van der Waals surface area contributed by atoms with Crippen LogP contribution in [0.1, 0.15) is 23.1 Å². The van der Waals surface area contributed by atoms with Crippen LogP contribution in [0.15, 0.2) is 57.7 Å². The Kier molecular flexibility index (Phi) is 5.97. The molecule has 2 heterocycles. The van der Waals surface area contributed by atoms with Gasteiger partial charge in [0.1, 0.15) is 11.3 Å². The molecule has 3 aromatic rings. The van der Waals surface area contributed by atoms with Gasteiger partial charge in [-0.1, -0.05) is 24.3 Å². The molecule has 29 heavy (non-hydrogen) atoms. The van der Waals surface area contributed by atoms with Gasteiger partial charge < -0.3 is 9.15 Å². The third-order valence-electron chi connectivity index (χ3n) is 5.77. The predicted octanol–water partition coefficient (Wildman–Crippen LogP) is 3.82. The number of hydrogen-bond donors (Lipinski definition) is 0. The average Bonchev–Trinajstić information content (AvgIpc) is 2.94. The quantitative estimate of drug-likeness (QED) is 0.618. The maximum atomic E-state index is 12.1. The molecule has 1 saturated heterocycles. The van der Waals surface area contributed by atoms with E-state index in [0.29, 0.717) is 11.3 Å². The van der Waals surface area contributed by atoms with E-state index < -0.39 is 0 Å². The van der Waals surface area contributed by atoms with Crippen molar-refractivity contribution in [1.29, 1.82) is 0 Å². The molecule has 1 aliphatic rings. The summed E-state index contributed by atoms with van der Waals surface area (Å²) < 4.78 is 10.7. The summed E-state index contributed by atoms with van der Waals surface area (Å²) in [5, 5.41) is 0.978. The summed E-state index contributed by atoms with van der Waals surface area (Å²) in [6, 6.07) is 15.9. The van der Waals surface area contributed by atoms with Crippen LogP contribution in [0.5, 0.6) is 5.75 Å². The number of nitrogens with zero attached hydrogens (tertiary/aromatic N) is 2. The number of fused-ring (bicyclic) bond motifs is 1. The van der Waals surface area contributed by atoms with Gasteiger partial charge in [-0.15, -0.1) is 0 Å². The smallest absolute Gasteiger partial charge is 0.336 e. The second kappa shape index (κ2) is 8.80. The highest BCUT2D eigenvalue weighted by Crippen LogP contribution is 2.24. The number of methoxy groups -OCH3 is 1. The maximum Gasteiger partial charge on any atom is 0.336 e. The van der Waals surface area contributed by atoms with Gasteiger partial charge in [0.25, 0.3) is 0 Å². The molecule has 152 valence electrons. The lowest BCUT2D eigenvalue weighted by Gasteiger charge is -2.23. The lowest BCUT2D eigenvalue weighted by atomic mass is 10.1. The van der Waals surface area contributed by atoms with Crippen molar-refractivity contribution in [3.8, 4) is 5.75 Å². The first-order valence-corrected chi connectivity index (χ1v) is 10.2. The normalized spacial score (nSPS) is 16.1. The van der Waals surface area contributed by atoms with Crippen LogP contribution in [0.4, 0.5) is 0 Å². The van der Waals surface area contributed by atoms with Crippen molar-refractivity contribution in [2.24, 2.45) is 0 Å². The fourth-order valence-corrected chi connectivity index (χ4v) is 4.08. The first kappa shape index (κ1) is 19.7. The Hall–Kier alpha value is -2.63. The van der Waals surface area contributed by atoms with E-state index in [4.69, 9.17) is 9.15 Å². The molecule has 0 amide bonds. The van der Waals surface area contributed by atoms with Crippen LogP contribution in [0.3, 0.4) is 0 Å². The summed E-state index contributed by atoms with van der Waals surface area (Å²) in [6.45, 7) is 8.08. The van der Waals surface area contributed by atoms with E-state index in [0.717, 1.165) is 56.6 Å². The van der Waals surface area contributed by atoms with E-state index >= 15 is 0 Å². The molecular weight excluding hydrogens is 364 g/mol. The summed E-state index contributed by atoms with van der Waals surface area (Å²) in [6.07, 6.45) is 1.12. The molecule has 0 saturated carbocycles. The molecule has 0 unspecified atom stereocenters. The molecule has 4 rings (SSSR count). The number of aryl methyl sites for hydroxylation is 1. The second-order valence-corrected chi connectivity index (χ2v) is 7.79. The minimum Gasteiger partial charge on any atom is -0.497 e. The van der Waals surface area contributed by atoms with Crippen LogP contribution in [0.25, 0.3) is 11.0 Å². The zero-order chi connectivity index (χ0) is 20.2. The van der Waals surface area contributed by atoms with E-state index in [9.17, 15) is 4.79 Å². The summed E-state index contributed by atoms with van der Waals surface area (Å²) in [7, 11) is 1.61. The van der Waals surface area contributed by atoms with E-state index in [-0.39, 0.29) is 5.63 Å². The van der Waals surface area contributed by atoms with Crippen molar-refractivity contribution < 1.29 is 9.15 Å². The molecular formula is C24H28N2O3. The third kappa shape index (κ3) is 4.69. The largest absolute Gasteiger partial charge is 0.497 e. The van der Waals surface area contributed by atoms with Crippen LogP contribution >= 0.6 is 0 Å². The molecule has 0 atom stereocenters. The SMILES string of the molecule is COc1ccc2c(CN3CCCN(Cc4ccccc4C)CC3)cc(=O)oc2c1. The van der Waals surface area contributed by atoms with E-state index in [2.05, 4.69) is 41.0 Å². The van der Waals surface area contributed by atoms with Gasteiger partial charge in [-0.25, -0.2) is 4.79 Å². The highest BCUT2D eigenvalue weighted by atomic mass is 16.5. The maximum absolute atomic E-state index is 12.1. The van der Waals surface area contributed by atoms with Crippen molar-refractivity contribution in [2.75, 3.05) is 33.3 Å². The van der Waals surface area contributed by atoms with Crippen molar-refractivity contribution in [3.05, 3.63) is 75.6 Å². The molecule has 0 N–H and O–H groups in total. The molecule has 0 radical (unpaired) electrons. The predicted molar refractivity (Wildman–Crippen MR) is 115 cm³/mol. The Morgan fingerprint density at radius 2 is 1.66 bits per heavy atom. The summed E-state index contributed by atoms with van der Waals surface area (Å²) in [5.74, 6) is 0.694. The van der Waals surface area contributed by atoms with Gasteiger partial charge >= 0.3 is 5.63 Å². The van der Waals surface area contributed by atoms with Crippen molar-refractivity contribution in [1.82, 2.24) is 9.80 Å². The molecule has 1 aromatic heterocycles. The highest BCUT2D eigenvalue weighted by Gasteiger charge is 2.17. The van der Waals surface area contributed by atoms with Gasteiger partial charge in [0.2, 0.25) is 0 Å². The molecule has 5 nitrogen and oxygen atoms in total. The van der Waals surface area contributed by atoms with Gasteiger partial charge in [-0.05, 0) is 55.3 Å². The molecule has 0 aliphatic carbocycles. The monoisotopic (exact) mass is 392 g/mol. The molecule has 2 aromatic carbocycles. The fourth-order valence-electron chi connectivity index (χ4n) is 4.08. The Morgan fingerprint density at radius 1 is 0.931 bits per heavy atom. The lowest BCUT2D eigenvalue weighted by molar-refractivity contribution is 0.247. The van der Waals surface area contributed by atoms with E-state index in [1.807, 2.05) is 12.1 Å². The third-order valence-corrected chi connectivity index (χ3v) is 5.77. The topological polar surface area (TPSA) is 45.9 Å². The minimum atomic E-state index is -0.309. The van der Waals surface area contributed by atoms with Gasteiger partial charge in [0.15, 0.2) is 0 Å². The fraction of sp³-hybridized carbons (Fsp3) is 0.375. The summed E-state index contributed by atoms with van der Waals surface area (Å²) in [4.78, 5) is 17.0. The Balaban J connectivity index is 1.47. The second-order valence-electron chi connectivity index (χ2n) is 7.79. The van der Waals surface area contributed by atoms with Crippen molar-refractivity contribution >= 4 is 11.0 Å². The first-order valence-electron chi connectivity index (χ1n) is 10.2. The van der Waals surface area contributed by atoms with Crippen LogP contribution in [-0.2, 0) is 13.1 Å². The van der Waals surface area contributed by atoms with E-state index in [1.54, 1.807) is 19.2 Å². The Bertz CT molecular complexity index is 1040. The van der Waals surface area contributed by atoms with Crippen LogP contribution in [-0.4, -0.2) is 43.1 Å². The minimum absolute atomic E-state index is 0.309. The van der Waals surface area contributed by atoms with Gasteiger partial charge in [-0.2, -0.15) is 0 Å². The summed E-state index contributed by atoms with van der Waals surface area (Å²) >= 11 is 0. The number of rotatable bonds is 5. The Morgan fingerprint density at radius 3 is 2.38 bits per heavy atom. The van der Waals surface area contributed by atoms with E-state index in [1.165, 1.54) is 11.1 Å². The van der Waals surface area contributed by atoms with Gasteiger partial charge in [0.05, 0.1) is 7.11 Å². The van der Waals surface area contributed by atoms with Crippen LogP contribution < -0.4 is 10.4 Å². The molecule has 1 fully saturated rings. The van der Waals surface area contributed by atoms with Crippen molar-refractivity contribution in [3.63, 3.8) is 0 Å². The van der Waals surface area contributed by atoms with Crippen LogP contribution in [0, 0.1) is 6.92 Å². The Labute approximate surface area is 171 Å². The highest BCUT2D eigenvalue weighted by molar-refractivity contribution is 5.81. The molecule has 0 bridgehead atoms. The molecule has 0 spiro atoms.